The third-order valence-corrected chi connectivity index (χ3v) is 3.82. The second-order valence-electron chi connectivity index (χ2n) is 3.44. The van der Waals surface area contributed by atoms with Gasteiger partial charge in [0.25, 0.3) is 0 Å². The van der Waals surface area contributed by atoms with Crippen LogP contribution >= 0.6 is 27.3 Å². The molecular weight excluding hydrogens is 300 g/mol. The number of hydrogen-bond donors (Lipinski definition) is 1. The minimum absolute atomic E-state index is 0.861. The Morgan fingerprint density at radius 1 is 1.41 bits per heavy atom. The van der Waals surface area contributed by atoms with E-state index in [4.69, 9.17) is 0 Å². The predicted octanol–water partition coefficient (Wildman–Crippen LogP) is 2.51. The molecule has 0 saturated carbocycles. The average Bonchev–Trinajstić information content (AvgIpc) is 2.79. The molecule has 2 aromatic heterocycles. The Labute approximate surface area is 113 Å². The zero-order chi connectivity index (χ0) is 12.1. The van der Waals surface area contributed by atoms with Gasteiger partial charge in [-0.2, -0.15) is 0 Å². The molecule has 0 atom stereocenters. The van der Waals surface area contributed by atoms with Crippen LogP contribution < -0.4 is 5.32 Å². The maximum absolute atomic E-state index is 4.30. The molecule has 2 rings (SSSR count). The van der Waals surface area contributed by atoms with E-state index in [0.717, 1.165) is 39.7 Å². The van der Waals surface area contributed by atoms with Gasteiger partial charge in [-0.1, -0.05) is 18.3 Å². The van der Waals surface area contributed by atoms with E-state index in [1.165, 1.54) is 0 Å². The summed E-state index contributed by atoms with van der Waals surface area (Å²) in [6.45, 7) is 4.02. The van der Waals surface area contributed by atoms with E-state index in [2.05, 4.69) is 43.4 Å². The summed E-state index contributed by atoms with van der Waals surface area (Å²) in [6.07, 6.45) is 2.68. The Balaban J connectivity index is 2.10. The Kier molecular flexibility index (Phi) is 4.58. The lowest BCUT2D eigenvalue weighted by molar-refractivity contribution is 0.710. The Bertz CT molecular complexity index is 486. The summed E-state index contributed by atoms with van der Waals surface area (Å²) >= 11 is 5.07. The highest BCUT2D eigenvalue weighted by atomic mass is 79.9. The molecule has 0 aliphatic carbocycles. The molecule has 17 heavy (non-hydrogen) atoms. The van der Waals surface area contributed by atoms with Gasteiger partial charge in [-0.15, -0.1) is 10.2 Å². The first kappa shape index (κ1) is 12.6. The molecule has 2 heterocycles. The Hall–Kier alpha value is -0.850. The van der Waals surface area contributed by atoms with Crippen LogP contribution in [0.2, 0.25) is 0 Å². The van der Waals surface area contributed by atoms with Gasteiger partial charge < -0.3 is 5.32 Å². The number of likely N-dealkylation sites (N-methyl/N-ethyl adjacent to an activating group) is 1. The van der Waals surface area contributed by atoms with Crippen LogP contribution in [0.5, 0.6) is 0 Å². The summed E-state index contributed by atoms with van der Waals surface area (Å²) in [7, 11) is 0. The van der Waals surface area contributed by atoms with Crippen molar-refractivity contribution >= 4 is 27.3 Å². The third kappa shape index (κ3) is 3.31. The minimum Gasteiger partial charge on any atom is -0.317 e. The Morgan fingerprint density at radius 2 is 2.29 bits per heavy atom. The van der Waals surface area contributed by atoms with Gasteiger partial charge >= 0.3 is 0 Å². The Morgan fingerprint density at radius 3 is 3.06 bits per heavy atom. The highest BCUT2D eigenvalue weighted by Gasteiger charge is 2.10. The molecule has 2 aromatic rings. The minimum atomic E-state index is 0.861. The van der Waals surface area contributed by atoms with E-state index in [-0.39, 0.29) is 0 Å². The predicted molar refractivity (Wildman–Crippen MR) is 73.1 cm³/mol. The zero-order valence-corrected chi connectivity index (χ0v) is 11.9. The van der Waals surface area contributed by atoms with Gasteiger partial charge in [0.15, 0.2) is 5.01 Å². The molecule has 0 spiro atoms. The maximum Gasteiger partial charge on any atom is 0.167 e. The molecule has 0 aliphatic rings. The van der Waals surface area contributed by atoms with E-state index in [1.54, 1.807) is 17.5 Å². The average molecular weight is 313 g/mol. The fraction of sp³-hybridized carbons (Fsp3) is 0.364. The van der Waals surface area contributed by atoms with Crippen molar-refractivity contribution in [1.82, 2.24) is 20.5 Å². The largest absolute Gasteiger partial charge is 0.317 e. The molecule has 0 aliphatic heterocycles. The summed E-state index contributed by atoms with van der Waals surface area (Å²) in [5.74, 6) is 0. The first-order chi connectivity index (χ1) is 8.31. The van der Waals surface area contributed by atoms with Crippen molar-refractivity contribution in [2.45, 2.75) is 13.3 Å². The normalized spacial score (nSPS) is 10.7. The van der Waals surface area contributed by atoms with Gasteiger partial charge in [0.2, 0.25) is 0 Å². The van der Waals surface area contributed by atoms with Crippen LogP contribution in [0.15, 0.2) is 22.8 Å². The lowest BCUT2D eigenvalue weighted by Gasteiger charge is -1.97. The van der Waals surface area contributed by atoms with Crippen LogP contribution in [0.25, 0.3) is 10.7 Å². The topological polar surface area (TPSA) is 50.7 Å². The number of pyridine rings is 1. The smallest absolute Gasteiger partial charge is 0.167 e. The first-order valence-electron chi connectivity index (χ1n) is 5.45. The van der Waals surface area contributed by atoms with Gasteiger partial charge in [-0.25, -0.2) is 0 Å². The van der Waals surface area contributed by atoms with Crippen LogP contribution in [0.3, 0.4) is 0 Å². The SMILES string of the molecule is CCNCCc1nnc(-c2ncccc2Br)s1. The molecule has 0 bridgehead atoms. The maximum atomic E-state index is 4.30. The lowest BCUT2D eigenvalue weighted by Crippen LogP contribution is -2.15. The van der Waals surface area contributed by atoms with Crippen molar-refractivity contribution in [2.75, 3.05) is 13.1 Å². The molecule has 4 nitrogen and oxygen atoms in total. The zero-order valence-electron chi connectivity index (χ0n) is 9.48. The summed E-state index contributed by atoms with van der Waals surface area (Å²) in [5.41, 5.74) is 0.861. The van der Waals surface area contributed by atoms with Crippen LogP contribution in [0.1, 0.15) is 11.9 Å². The fourth-order valence-electron chi connectivity index (χ4n) is 1.37. The van der Waals surface area contributed by atoms with E-state index in [9.17, 15) is 0 Å². The summed E-state index contributed by atoms with van der Waals surface area (Å²) in [4.78, 5) is 4.30. The molecule has 0 radical (unpaired) electrons. The number of nitrogens with one attached hydrogen (secondary N) is 1. The van der Waals surface area contributed by atoms with Gasteiger partial charge in [-0.3, -0.25) is 4.98 Å². The summed E-state index contributed by atoms with van der Waals surface area (Å²) < 4.78 is 0.953. The highest BCUT2D eigenvalue weighted by molar-refractivity contribution is 9.10. The number of rotatable bonds is 5. The first-order valence-corrected chi connectivity index (χ1v) is 7.06. The van der Waals surface area contributed by atoms with E-state index >= 15 is 0 Å². The molecule has 6 heteroatoms. The summed E-state index contributed by atoms with van der Waals surface area (Å²) in [5, 5.41) is 13.5. The quantitative estimate of drug-likeness (QED) is 0.862. The van der Waals surface area contributed by atoms with Crippen LogP contribution in [-0.2, 0) is 6.42 Å². The number of halogens is 1. The van der Waals surface area contributed by atoms with Crippen LogP contribution in [0, 0.1) is 0 Å². The van der Waals surface area contributed by atoms with Crippen molar-refractivity contribution in [1.29, 1.82) is 0 Å². The fourth-order valence-corrected chi connectivity index (χ4v) is 2.79. The number of hydrogen-bond acceptors (Lipinski definition) is 5. The van der Waals surface area contributed by atoms with Crippen molar-refractivity contribution in [3.05, 3.63) is 27.8 Å². The monoisotopic (exact) mass is 312 g/mol. The van der Waals surface area contributed by atoms with Gasteiger partial charge in [-0.05, 0) is 34.6 Å². The van der Waals surface area contributed by atoms with E-state index in [0.29, 0.717) is 0 Å². The van der Waals surface area contributed by atoms with Crippen molar-refractivity contribution < 1.29 is 0 Å². The van der Waals surface area contributed by atoms with Crippen LogP contribution in [0.4, 0.5) is 0 Å². The van der Waals surface area contributed by atoms with E-state index in [1.807, 2.05) is 12.1 Å². The molecule has 0 amide bonds. The van der Waals surface area contributed by atoms with Gasteiger partial charge in [0, 0.05) is 23.6 Å². The third-order valence-electron chi connectivity index (χ3n) is 2.19. The van der Waals surface area contributed by atoms with Crippen molar-refractivity contribution in [3.8, 4) is 10.7 Å². The van der Waals surface area contributed by atoms with Gasteiger partial charge in [0.1, 0.15) is 10.7 Å². The molecule has 0 unspecified atom stereocenters. The van der Waals surface area contributed by atoms with Gasteiger partial charge in [0.05, 0.1) is 0 Å². The van der Waals surface area contributed by atoms with E-state index < -0.39 is 0 Å². The molecule has 90 valence electrons. The number of nitrogens with zero attached hydrogens (tertiary/aromatic N) is 3. The summed E-state index contributed by atoms with van der Waals surface area (Å²) in [6, 6.07) is 3.85. The second kappa shape index (κ2) is 6.18. The second-order valence-corrected chi connectivity index (χ2v) is 5.35. The molecule has 1 N–H and O–H groups in total. The highest BCUT2D eigenvalue weighted by Crippen LogP contribution is 2.28. The molecule has 0 aromatic carbocycles. The number of aromatic nitrogens is 3. The molecule has 0 saturated heterocycles. The molecular formula is C11H13BrN4S. The van der Waals surface area contributed by atoms with Crippen molar-refractivity contribution in [3.63, 3.8) is 0 Å². The lowest BCUT2D eigenvalue weighted by atomic mass is 10.4. The molecule has 0 fully saturated rings. The van der Waals surface area contributed by atoms with Crippen LogP contribution in [-0.4, -0.2) is 28.3 Å². The standard InChI is InChI=1S/C11H13BrN4S/c1-2-13-7-5-9-15-16-11(17-9)10-8(12)4-3-6-14-10/h3-4,6,13H,2,5,7H2,1H3. The van der Waals surface area contributed by atoms with Crippen molar-refractivity contribution in [2.24, 2.45) is 0 Å².